The Bertz CT molecular complexity index is 621. The third-order valence-corrected chi connectivity index (χ3v) is 4.66. The van der Waals surface area contributed by atoms with Gasteiger partial charge in [-0.05, 0) is 50.8 Å². The van der Waals surface area contributed by atoms with Crippen molar-refractivity contribution >= 4 is 35.9 Å². The van der Waals surface area contributed by atoms with Gasteiger partial charge < -0.3 is 20.1 Å². The van der Waals surface area contributed by atoms with Gasteiger partial charge in [0.2, 0.25) is 0 Å². The first-order valence-electron chi connectivity index (χ1n) is 9.16. The van der Waals surface area contributed by atoms with Crippen molar-refractivity contribution in [1.82, 2.24) is 10.6 Å². The van der Waals surface area contributed by atoms with E-state index in [1.807, 2.05) is 12.1 Å². The number of esters is 1. The summed E-state index contributed by atoms with van der Waals surface area (Å²) < 4.78 is 10.9. The maximum atomic E-state index is 11.7. The van der Waals surface area contributed by atoms with Crippen LogP contribution in [-0.2, 0) is 16.0 Å². The van der Waals surface area contributed by atoms with Gasteiger partial charge >= 0.3 is 5.97 Å². The summed E-state index contributed by atoms with van der Waals surface area (Å²) in [5.74, 6) is 0.530. The van der Waals surface area contributed by atoms with E-state index in [1.165, 1.54) is 6.42 Å². The second-order valence-electron chi connectivity index (χ2n) is 6.47. The molecule has 0 saturated carbocycles. The quantitative estimate of drug-likeness (QED) is 0.288. The van der Waals surface area contributed by atoms with Crippen molar-refractivity contribution in [3.8, 4) is 0 Å². The fraction of sp³-hybridized carbons (Fsp3) is 0.579. The van der Waals surface area contributed by atoms with E-state index in [9.17, 15) is 4.79 Å². The van der Waals surface area contributed by atoms with Crippen LogP contribution < -0.4 is 10.6 Å². The number of ether oxygens (including phenoxy) is 2. The smallest absolute Gasteiger partial charge is 0.338 e. The molecule has 3 rings (SSSR count). The Kier molecular flexibility index (Phi) is 8.15. The van der Waals surface area contributed by atoms with Crippen LogP contribution in [0.2, 0.25) is 0 Å². The summed E-state index contributed by atoms with van der Waals surface area (Å²) in [4.78, 5) is 16.3. The zero-order chi connectivity index (χ0) is 17.6. The Morgan fingerprint density at radius 2 is 2.04 bits per heavy atom. The van der Waals surface area contributed by atoms with E-state index in [0.717, 1.165) is 30.9 Å². The van der Waals surface area contributed by atoms with E-state index in [0.29, 0.717) is 37.0 Å². The molecule has 2 N–H and O–H groups in total. The molecule has 1 aromatic rings. The highest BCUT2D eigenvalue weighted by molar-refractivity contribution is 14.0. The van der Waals surface area contributed by atoms with Gasteiger partial charge in [0.1, 0.15) is 0 Å². The van der Waals surface area contributed by atoms with Gasteiger partial charge in [0, 0.05) is 6.54 Å². The van der Waals surface area contributed by atoms with Crippen LogP contribution in [0.4, 0.5) is 0 Å². The molecule has 144 valence electrons. The Balaban J connectivity index is 0.00000243. The average molecular weight is 473 g/mol. The zero-order valence-electron chi connectivity index (χ0n) is 15.4. The topological polar surface area (TPSA) is 72.0 Å². The van der Waals surface area contributed by atoms with Crippen molar-refractivity contribution in [2.75, 3.05) is 13.2 Å². The molecule has 2 aliphatic heterocycles. The number of aliphatic imine (C=N–C) groups is 1. The van der Waals surface area contributed by atoms with Crippen molar-refractivity contribution < 1.29 is 14.3 Å². The summed E-state index contributed by atoms with van der Waals surface area (Å²) in [5.41, 5.74) is 1.62. The molecule has 3 unspecified atom stereocenters. The Hall–Kier alpha value is -1.35. The maximum Gasteiger partial charge on any atom is 0.338 e. The molecule has 3 atom stereocenters. The maximum absolute atomic E-state index is 11.7. The molecule has 2 fully saturated rings. The fourth-order valence-corrected chi connectivity index (χ4v) is 3.42. The van der Waals surface area contributed by atoms with Crippen molar-refractivity contribution in [2.45, 2.75) is 57.9 Å². The molecule has 6 nitrogen and oxygen atoms in total. The number of carbonyl (C=O) groups excluding carboxylic acids is 1. The Labute approximate surface area is 172 Å². The van der Waals surface area contributed by atoms with Crippen LogP contribution in [-0.4, -0.2) is 43.3 Å². The molecule has 0 radical (unpaired) electrons. The molecule has 0 amide bonds. The number of guanidine groups is 1. The van der Waals surface area contributed by atoms with Gasteiger partial charge in [-0.25, -0.2) is 9.79 Å². The van der Waals surface area contributed by atoms with Crippen molar-refractivity contribution in [3.63, 3.8) is 0 Å². The largest absolute Gasteiger partial charge is 0.462 e. The molecule has 2 aliphatic rings. The molecule has 2 saturated heterocycles. The van der Waals surface area contributed by atoms with Gasteiger partial charge in [-0.1, -0.05) is 12.1 Å². The number of halogens is 1. The lowest BCUT2D eigenvalue weighted by Crippen LogP contribution is -2.47. The molecule has 1 aromatic carbocycles. The molecule has 26 heavy (non-hydrogen) atoms. The van der Waals surface area contributed by atoms with Gasteiger partial charge in [0.15, 0.2) is 5.96 Å². The van der Waals surface area contributed by atoms with Crippen LogP contribution in [0.3, 0.4) is 0 Å². The van der Waals surface area contributed by atoms with Gasteiger partial charge in [-0.2, -0.15) is 0 Å². The van der Waals surface area contributed by atoms with E-state index < -0.39 is 0 Å². The average Bonchev–Trinajstić information content (AvgIpc) is 3.23. The molecular formula is C19H28IN3O3. The molecule has 0 aliphatic carbocycles. The SMILES string of the molecule is CCNC(=NCc1ccc(C(=O)OCC)cc1)NC1CC2CCC1O2.I. The van der Waals surface area contributed by atoms with Crippen molar-refractivity contribution in [3.05, 3.63) is 35.4 Å². The number of hydrogen-bond donors (Lipinski definition) is 2. The molecule has 0 aromatic heterocycles. The van der Waals surface area contributed by atoms with E-state index >= 15 is 0 Å². The van der Waals surface area contributed by atoms with E-state index in [-0.39, 0.29) is 29.9 Å². The van der Waals surface area contributed by atoms with Crippen LogP contribution in [0.25, 0.3) is 0 Å². The Morgan fingerprint density at radius 3 is 2.62 bits per heavy atom. The first-order valence-corrected chi connectivity index (χ1v) is 9.16. The van der Waals surface area contributed by atoms with Crippen LogP contribution in [0.15, 0.2) is 29.3 Å². The number of benzene rings is 1. The number of nitrogens with one attached hydrogen (secondary N) is 2. The lowest BCUT2D eigenvalue weighted by molar-refractivity contribution is 0.0526. The summed E-state index contributed by atoms with van der Waals surface area (Å²) in [6.07, 6.45) is 4.11. The predicted octanol–water partition coefficient (Wildman–Crippen LogP) is 2.86. The summed E-state index contributed by atoms with van der Waals surface area (Å²) in [5, 5.41) is 6.80. The van der Waals surface area contributed by atoms with E-state index in [2.05, 4.69) is 22.5 Å². The highest BCUT2D eigenvalue weighted by Crippen LogP contribution is 2.34. The third kappa shape index (κ3) is 5.33. The summed E-state index contributed by atoms with van der Waals surface area (Å²) in [6.45, 7) is 5.62. The van der Waals surface area contributed by atoms with Crippen LogP contribution >= 0.6 is 24.0 Å². The zero-order valence-corrected chi connectivity index (χ0v) is 17.7. The van der Waals surface area contributed by atoms with Crippen LogP contribution in [0.1, 0.15) is 49.0 Å². The van der Waals surface area contributed by atoms with E-state index in [4.69, 9.17) is 9.47 Å². The first-order chi connectivity index (χ1) is 12.2. The van der Waals surface area contributed by atoms with Crippen LogP contribution in [0, 0.1) is 0 Å². The number of rotatable bonds is 6. The second kappa shape index (κ2) is 10.1. The minimum absolute atomic E-state index is 0. The van der Waals surface area contributed by atoms with Gasteiger partial charge in [0.25, 0.3) is 0 Å². The summed E-state index contributed by atoms with van der Waals surface area (Å²) >= 11 is 0. The standard InChI is InChI=1S/C19H27N3O3.HI/c1-3-20-19(22-16-11-15-9-10-17(16)25-15)21-12-13-5-7-14(8-6-13)18(23)24-4-2;/h5-8,15-17H,3-4,9-12H2,1-2H3,(H2,20,21,22);1H. The molecule has 2 heterocycles. The number of hydrogen-bond acceptors (Lipinski definition) is 4. The van der Waals surface area contributed by atoms with Gasteiger partial charge in [-0.3, -0.25) is 0 Å². The molecule has 7 heteroatoms. The lowest BCUT2D eigenvalue weighted by atomic mass is 9.96. The van der Waals surface area contributed by atoms with E-state index in [1.54, 1.807) is 19.1 Å². The normalized spacial score (nSPS) is 24.1. The highest BCUT2D eigenvalue weighted by atomic mass is 127. The minimum Gasteiger partial charge on any atom is -0.462 e. The third-order valence-electron chi connectivity index (χ3n) is 4.66. The van der Waals surface area contributed by atoms with Crippen molar-refractivity contribution in [1.29, 1.82) is 0 Å². The molecular weight excluding hydrogens is 445 g/mol. The predicted molar refractivity (Wildman–Crippen MR) is 112 cm³/mol. The molecule has 2 bridgehead atoms. The number of nitrogens with zero attached hydrogens (tertiary/aromatic N) is 1. The van der Waals surface area contributed by atoms with Gasteiger partial charge in [0.05, 0.1) is 37.0 Å². The monoisotopic (exact) mass is 473 g/mol. The second-order valence-corrected chi connectivity index (χ2v) is 6.47. The molecule has 0 spiro atoms. The number of fused-ring (bicyclic) bond motifs is 2. The number of carbonyl (C=O) groups is 1. The highest BCUT2D eigenvalue weighted by Gasteiger charge is 2.41. The minimum atomic E-state index is -0.288. The fourth-order valence-electron chi connectivity index (χ4n) is 3.42. The lowest BCUT2D eigenvalue weighted by Gasteiger charge is -2.22. The van der Waals surface area contributed by atoms with Crippen molar-refractivity contribution in [2.24, 2.45) is 4.99 Å². The van der Waals surface area contributed by atoms with Crippen LogP contribution in [0.5, 0.6) is 0 Å². The first kappa shape index (κ1) is 21.0. The summed E-state index contributed by atoms with van der Waals surface area (Å²) in [7, 11) is 0. The van der Waals surface area contributed by atoms with Gasteiger partial charge in [-0.15, -0.1) is 24.0 Å². The Morgan fingerprint density at radius 1 is 1.27 bits per heavy atom. The summed E-state index contributed by atoms with van der Waals surface area (Å²) in [6, 6.07) is 7.75.